The lowest BCUT2D eigenvalue weighted by molar-refractivity contribution is -0.146. The standard InChI is InChI=1S/C24H46O4S/c1-2-3-4-5-6-7-8-9-10-11-12-13-14-15-16-17-18-19-20-23(29)28-24(27)22(26)21-25/h22,25-26H,2-21H2,1H3. The summed E-state index contributed by atoms with van der Waals surface area (Å²) in [5.41, 5.74) is 0. The van der Waals surface area contributed by atoms with E-state index < -0.39 is 18.7 Å². The molecule has 0 aromatic rings. The Hall–Kier alpha value is -0.520. The zero-order valence-electron chi connectivity index (χ0n) is 18.8. The maximum atomic E-state index is 11.3. The lowest BCUT2D eigenvalue weighted by atomic mass is 10.0. The van der Waals surface area contributed by atoms with Gasteiger partial charge in [-0.3, -0.25) is 0 Å². The number of rotatable bonds is 21. The Morgan fingerprint density at radius 1 is 0.724 bits per heavy atom. The van der Waals surface area contributed by atoms with Gasteiger partial charge in [0.2, 0.25) is 0 Å². The fourth-order valence-corrected chi connectivity index (χ4v) is 3.70. The summed E-state index contributed by atoms with van der Waals surface area (Å²) in [7, 11) is 0. The Balaban J connectivity index is 3.20. The summed E-state index contributed by atoms with van der Waals surface area (Å²) < 4.78 is 4.82. The van der Waals surface area contributed by atoms with Crippen LogP contribution < -0.4 is 0 Å². The van der Waals surface area contributed by atoms with Crippen molar-refractivity contribution in [1.29, 1.82) is 0 Å². The molecule has 0 saturated heterocycles. The maximum absolute atomic E-state index is 11.3. The highest BCUT2D eigenvalue weighted by Gasteiger charge is 2.16. The van der Waals surface area contributed by atoms with Gasteiger partial charge in [-0.1, -0.05) is 116 Å². The number of hydrogen-bond acceptors (Lipinski definition) is 5. The highest BCUT2D eigenvalue weighted by Crippen LogP contribution is 2.14. The molecule has 0 aromatic carbocycles. The molecule has 2 N–H and O–H groups in total. The normalized spacial score (nSPS) is 12.1. The summed E-state index contributed by atoms with van der Waals surface area (Å²) in [6.07, 6.45) is 23.0. The topological polar surface area (TPSA) is 66.8 Å². The number of aliphatic hydroxyl groups is 2. The smallest absolute Gasteiger partial charge is 0.343 e. The van der Waals surface area contributed by atoms with Crippen molar-refractivity contribution in [1.82, 2.24) is 0 Å². The SMILES string of the molecule is CCCCCCCCCCCCCCCCCCCCC(=S)OC(=O)C(O)CO. The molecule has 29 heavy (non-hydrogen) atoms. The van der Waals surface area contributed by atoms with Crippen molar-refractivity contribution in [3.63, 3.8) is 0 Å². The molecule has 0 saturated carbocycles. The fourth-order valence-electron chi connectivity index (χ4n) is 3.48. The molecule has 0 rings (SSSR count). The minimum absolute atomic E-state index is 0.207. The first-order valence-corrected chi connectivity index (χ1v) is 12.6. The van der Waals surface area contributed by atoms with Gasteiger partial charge in [0.1, 0.15) is 0 Å². The molecule has 0 aromatic heterocycles. The van der Waals surface area contributed by atoms with E-state index in [0.29, 0.717) is 6.42 Å². The van der Waals surface area contributed by atoms with E-state index >= 15 is 0 Å². The van der Waals surface area contributed by atoms with E-state index in [1.54, 1.807) is 0 Å². The van der Waals surface area contributed by atoms with E-state index in [9.17, 15) is 4.79 Å². The van der Waals surface area contributed by atoms with Crippen LogP contribution in [0.25, 0.3) is 0 Å². The van der Waals surface area contributed by atoms with Crippen LogP contribution in [0.4, 0.5) is 0 Å². The minimum Gasteiger partial charge on any atom is -0.417 e. The van der Waals surface area contributed by atoms with Gasteiger partial charge in [-0.25, -0.2) is 4.79 Å². The molecule has 1 atom stereocenters. The summed E-state index contributed by atoms with van der Waals surface area (Å²) in [4.78, 5) is 11.3. The molecule has 0 aliphatic heterocycles. The monoisotopic (exact) mass is 430 g/mol. The number of thiocarbonyl (C=S) groups is 1. The van der Waals surface area contributed by atoms with Crippen LogP contribution >= 0.6 is 12.2 Å². The fraction of sp³-hybridized carbons (Fsp3) is 0.917. The quantitative estimate of drug-likeness (QED) is 0.121. The highest BCUT2D eigenvalue weighted by molar-refractivity contribution is 7.80. The largest absolute Gasteiger partial charge is 0.417 e. The summed E-state index contributed by atoms with van der Waals surface area (Å²) in [5, 5.41) is 18.0. The molecule has 0 aliphatic rings. The molecule has 0 radical (unpaired) electrons. The van der Waals surface area contributed by atoms with Gasteiger partial charge in [0.25, 0.3) is 0 Å². The number of unbranched alkanes of at least 4 members (excludes halogenated alkanes) is 17. The summed E-state index contributed by atoms with van der Waals surface area (Å²) in [6.45, 7) is 1.64. The second-order valence-electron chi connectivity index (χ2n) is 8.25. The van der Waals surface area contributed by atoms with Crippen LogP contribution in [0.5, 0.6) is 0 Å². The highest BCUT2D eigenvalue weighted by atomic mass is 32.1. The second-order valence-corrected chi connectivity index (χ2v) is 8.71. The van der Waals surface area contributed by atoms with Crippen molar-refractivity contribution in [2.45, 2.75) is 135 Å². The van der Waals surface area contributed by atoms with Crippen LogP contribution in [-0.2, 0) is 9.53 Å². The molecule has 4 nitrogen and oxygen atoms in total. The summed E-state index contributed by atoms with van der Waals surface area (Å²) >= 11 is 4.98. The van der Waals surface area contributed by atoms with Crippen molar-refractivity contribution in [3.8, 4) is 0 Å². The average molecular weight is 431 g/mol. The molecule has 5 heteroatoms. The average Bonchev–Trinajstić information content (AvgIpc) is 2.72. The van der Waals surface area contributed by atoms with Gasteiger partial charge in [0.05, 0.1) is 6.61 Å². The van der Waals surface area contributed by atoms with Crippen LogP contribution in [0.1, 0.15) is 129 Å². The van der Waals surface area contributed by atoms with Gasteiger partial charge in [0, 0.05) is 6.42 Å². The van der Waals surface area contributed by atoms with Crippen molar-refractivity contribution < 1.29 is 19.7 Å². The van der Waals surface area contributed by atoms with E-state index in [1.165, 1.54) is 103 Å². The molecular formula is C24H46O4S. The molecular weight excluding hydrogens is 384 g/mol. The first-order chi connectivity index (χ1) is 14.1. The van der Waals surface area contributed by atoms with E-state index in [1.807, 2.05) is 0 Å². The zero-order chi connectivity index (χ0) is 21.6. The third-order valence-electron chi connectivity index (χ3n) is 5.39. The molecule has 172 valence electrons. The van der Waals surface area contributed by atoms with Gasteiger partial charge in [-0.15, -0.1) is 0 Å². The van der Waals surface area contributed by atoms with Gasteiger partial charge in [0.15, 0.2) is 11.2 Å². The predicted octanol–water partition coefficient (Wildman–Crippen LogP) is 6.64. The molecule has 0 bridgehead atoms. The van der Waals surface area contributed by atoms with Gasteiger partial charge in [-0.2, -0.15) is 0 Å². The number of carbonyl (C=O) groups is 1. The second kappa shape index (κ2) is 22.2. The van der Waals surface area contributed by atoms with Gasteiger partial charge in [-0.05, 0) is 18.6 Å². The Kier molecular flexibility index (Phi) is 21.8. The van der Waals surface area contributed by atoms with Crippen molar-refractivity contribution in [2.75, 3.05) is 6.61 Å². The lowest BCUT2D eigenvalue weighted by Crippen LogP contribution is -2.28. The number of carbonyl (C=O) groups excluding carboxylic acids is 1. The van der Waals surface area contributed by atoms with Crippen LogP contribution in [0, 0.1) is 0 Å². The summed E-state index contributed by atoms with van der Waals surface area (Å²) in [5.74, 6) is -0.861. The number of hydrogen-bond donors (Lipinski definition) is 2. The van der Waals surface area contributed by atoms with Crippen LogP contribution in [-0.4, -0.2) is 33.9 Å². The Bertz CT molecular complexity index is 387. The molecule has 0 spiro atoms. The zero-order valence-corrected chi connectivity index (χ0v) is 19.7. The molecule has 0 aliphatic carbocycles. The van der Waals surface area contributed by atoms with Crippen LogP contribution in [0.3, 0.4) is 0 Å². The maximum Gasteiger partial charge on any atom is 0.343 e. The van der Waals surface area contributed by atoms with Crippen molar-refractivity contribution in [2.24, 2.45) is 0 Å². The van der Waals surface area contributed by atoms with E-state index in [2.05, 4.69) is 6.92 Å². The lowest BCUT2D eigenvalue weighted by Gasteiger charge is -2.08. The summed E-state index contributed by atoms with van der Waals surface area (Å²) in [6, 6.07) is 0. The molecule has 0 fully saturated rings. The van der Waals surface area contributed by atoms with Crippen molar-refractivity contribution in [3.05, 3.63) is 0 Å². The molecule has 0 amide bonds. The van der Waals surface area contributed by atoms with E-state index in [0.717, 1.165) is 12.8 Å². The Morgan fingerprint density at radius 3 is 1.41 bits per heavy atom. The first kappa shape index (κ1) is 28.5. The Morgan fingerprint density at radius 2 is 1.07 bits per heavy atom. The van der Waals surface area contributed by atoms with Crippen molar-refractivity contribution >= 4 is 23.2 Å². The molecule has 0 heterocycles. The minimum atomic E-state index is -1.49. The number of ether oxygens (including phenoxy) is 1. The first-order valence-electron chi connectivity index (χ1n) is 12.1. The van der Waals surface area contributed by atoms with Gasteiger partial charge >= 0.3 is 5.97 Å². The number of esters is 1. The Labute approximate surface area is 184 Å². The van der Waals surface area contributed by atoms with Crippen LogP contribution in [0.15, 0.2) is 0 Å². The van der Waals surface area contributed by atoms with E-state index in [-0.39, 0.29) is 5.05 Å². The third-order valence-corrected chi connectivity index (χ3v) is 5.68. The molecule has 1 unspecified atom stereocenters. The van der Waals surface area contributed by atoms with E-state index in [4.69, 9.17) is 27.2 Å². The number of aliphatic hydroxyl groups excluding tert-OH is 2. The third kappa shape index (κ3) is 20.5. The van der Waals surface area contributed by atoms with Gasteiger partial charge < -0.3 is 14.9 Å². The van der Waals surface area contributed by atoms with Crippen LogP contribution in [0.2, 0.25) is 0 Å². The predicted molar refractivity (Wildman–Crippen MR) is 125 cm³/mol.